The Morgan fingerprint density at radius 3 is 2.29 bits per heavy atom. The summed E-state index contributed by atoms with van der Waals surface area (Å²) in [6, 6.07) is 15.2. The van der Waals surface area contributed by atoms with Crippen molar-refractivity contribution in [2.24, 2.45) is 0 Å². The van der Waals surface area contributed by atoms with Crippen LogP contribution in [0.3, 0.4) is 0 Å². The van der Waals surface area contributed by atoms with E-state index < -0.39 is 0 Å². The van der Waals surface area contributed by atoms with Gasteiger partial charge >= 0.3 is 0 Å². The number of thiazole rings is 1. The molecule has 0 saturated heterocycles. The van der Waals surface area contributed by atoms with Crippen molar-refractivity contribution in [2.75, 3.05) is 24.7 Å². The third-order valence-corrected chi connectivity index (χ3v) is 6.25. The number of benzene rings is 2. The zero-order chi connectivity index (χ0) is 24.8. The summed E-state index contributed by atoms with van der Waals surface area (Å²) in [7, 11) is 0. The molecule has 182 valence electrons. The monoisotopic (exact) mass is 491 g/mol. The number of pyridine rings is 1. The summed E-state index contributed by atoms with van der Waals surface area (Å²) >= 11 is 1.48. The molecular weight excluding hydrogens is 462 g/mol. The molecule has 0 N–H and O–H groups in total. The van der Waals surface area contributed by atoms with Crippen molar-refractivity contribution in [3.05, 3.63) is 71.5 Å². The molecule has 0 radical (unpaired) electrons. The largest absolute Gasteiger partial charge is 0.490 e. The Labute approximate surface area is 209 Å². The Morgan fingerprint density at radius 2 is 1.66 bits per heavy atom. The van der Waals surface area contributed by atoms with Gasteiger partial charge in [0.2, 0.25) is 5.75 Å². The molecule has 8 heteroatoms. The van der Waals surface area contributed by atoms with Crippen molar-refractivity contribution >= 4 is 32.6 Å². The van der Waals surface area contributed by atoms with Crippen LogP contribution in [0.4, 0.5) is 5.13 Å². The number of ether oxygens (including phenoxy) is 3. The van der Waals surface area contributed by atoms with Crippen molar-refractivity contribution < 1.29 is 19.0 Å². The van der Waals surface area contributed by atoms with E-state index in [1.165, 1.54) is 11.3 Å². The van der Waals surface area contributed by atoms with Crippen molar-refractivity contribution in [1.29, 1.82) is 0 Å². The Hall–Kier alpha value is -3.65. The highest BCUT2D eigenvalue weighted by Crippen LogP contribution is 2.40. The first kappa shape index (κ1) is 24.5. The van der Waals surface area contributed by atoms with E-state index in [1.807, 2.05) is 58.0 Å². The van der Waals surface area contributed by atoms with Crippen LogP contribution in [-0.2, 0) is 6.54 Å². The number of fused-ring (bicyclic) bond motifs is 1. The lowest BCUT2D eigenvalue weighted by molar-refractivity contribution is 0.0983. The van der Waals surface area contributed by atoms with Crippen LogP contribution < -0.4 is 19.1 Å². The Kier molecular flexibility index (Phi) is 7.82. The molecule has 4 aromatic rings. The molecule has 7 nitrogen and oxygen atoms in total. The van der Waals surface area contributed by atoms with Crippen LogP contribution in [0.2, 0.25) is 0 Å². The van der Waals surface area contributed by atoms with Crippen LogP contribution in [0, 0.1) is 6.92 Å². The number of aryl methyl sites for hydroxylation is 1. The summed E-state index contributed by atoms with van der Waals surface area (Å²) in [4.78, 5) is 24.8. The van der Waals surface area contributed by atoms with Gasteiger partial charge in [0.25, 0.3) is 5.91 Å². The average Bonchev–Trinajstić information content (AvgIpc) is 3.27. The maximum absolute atomic E-state index is 14.0. The van der Waals surface area contributed by atoms with Gasteiger partial charge in [0.05, 0.1) is 42.3 Å². The number of amides is 1. The summed E-state index contributed by atoms with van der Waals surface area (Å²) in [5, 5.41) is 0.603. The lowest BCUT2D eigenvalue weighted by atomic mass is 10.1. The molecule has 0 unspecified atom stereocenters. The number of aromatic nitrogens is 2. The fourth-order valence-corrected chi connectivity index (χ4v) is 4.74. The van der Waals surface area contributed by atoms with E-state index in [0.717, 1.165) is 21.5 Å². The predicted octanol–water partition coefficient (Wildman–Crippen LogP) is 6.04. The van der Waals surface area contributed by atoms with Crippen LogP contribution in [0.15, 0.2) is 54.7 Å². The molecule has 35 heavy (non-hydrogen) atoms. The minimum atomic E-state index is -0.226. The summed E-state index contributed by atoms with van der Waals surface area (Å²) in [5.41, 5.74) is 3.18. The number of carbonyl (C=O) groups is 1. The lowest BCUT2D eigenvalue weighted by Gasteiger charge is -2.22. The zero-order valence-corrected chi connectivity index (χ0v) is 21.2. The van der Waals surface area contributed by atoms with Crippen LogP contribution in [0.5, 0.6) is 17.2 Å². The average molecular weight is 492 g/mol. The minimum absolute atomic E-state index is 0.226. The van der Waals surface area contributed by atoms with Crippen molar-refractivity contribution in [2.45, 2.75) is 34.2 Å². The third-order valence-electron chi connectivity index (χ3n) is 5.21. The molecule has 0 saturated carbocycles. The molecule has 0 aliphatic carbocycles. The second kappa shape index (κ2) is 11.2. The maximum Gasteiger partial charge on any atom is 0.260 e. The molecule has 0 atom stereocenters. The molecule has 0 fully saturated rings. The lowest BCUT2D eigenvalue weighted by Crippen LogP contribution is -2.30. The highest BCUT2D eigenvalue weighted by atomic mass is 32.1. The topological polar surface area (TPSA) is 73.8 Å². The number of rotatable bonds is 10. The maximum atomic E-state index is 14.0. The number of anilines is 1. The van der Waals surface area contributed by atoms with E-state index in [0.29, 0.717) is 47.8 Å². The van der Waals surface area contributed by atoms with Crippen LogP contribution in [0.25, 0.3) is 10.2 Å². The van der Waals surface area contributed by atoms with E-state index in [2.05, 4.69) is 11.1 Å². The molecule has 4 rings (SSSR count). The second-order valence-corrected chi connectivity index (χ2v) is 8.79. The predicted molar refractivity (Wildman–Crippen MR) is 139 cm³/mol. The molecule has 2 aromatic carbocycles. The first-order valence-corrected chi connectivity index (χ1v) is 12.5. The van der Waals surface area contributed by atoms with Gasteiger partial charge < -0.3 is 14.2 Å². The first-order valence-electron chi connectivity index (χ1n) is 11.7. The summed E-state index contributed by atoms with van der Waals surface area (Å²) < 4.78 is 18.5. The van der Waals surface area contributed by atoms with Crippen LogP contribution in [0.1, 0.15) is 42.4 Å². The standard InChI is InChI=1S/C27H29N3O4S/c1-5-32-22-15-19(16-23(33-6-2)25(22)34-7-3)26(31)30(17-20-10-8-9-13-28-20)27-29-21-12-11-18(4)14-24(21)35-27/h8-16H,5-7,17H2,1-4H3. The minimum Gasteiger partial charge on any atom is -0.490 e. The third kappa shape index (κ3) is 5.54. The number of nitrogens with zero attached hydrogens (tertiary/aromatic N) is 3. The smallest absolute Gasteiger partial charge is 0.260 e. The van der Waals surface area contributed by atoms with Crippen molar-refractivity contribution in [3.63, 3.8) is 0 Å². The molecule has 0 bridgehead atoms. The fourth-order valence-electron chi connectivity index (χ4n) is 3.68. The number of carbonyl (C=O) groups excluding carboxylic acids is 1. The molecule has 2 heterocycles. The van der Waals surface area contributed by atoms with Gasteiger partial charge in [-0.3, -0.25) is 14.7 Å². The van der Waals surface area contributed by atoms with Crippen LogP contribution in [-0.4, -0.2) is 35.7 Å². The van der Waals surface area contributed by atoms with Gasteiger partial charge in [0, 0.05) is 11.8 Å². The summed E-state index contributed by atoms with van der Waals surface area (Å²) in [6.45, 7) is 9.30. The molecule has 2 aromatic heterocycles. The Balaban J connectivity index is 1.81. The van der Waals surface area contributed by atoms with E-state index in [-0.39, 0.29) is 12.5 Å². The summed E-state index contributed by atoms with van der Waals surface area (Å²) in [5.74, 6) is 1.22. The van der Waals surface area contributed by atoms with E-state index >= 15 is 0 Å². The van der Waals surface area contributed by atoms with Crippen molar-refractivity contribution in [3.8, 4) is 17.2 Å². The fraction of sp³-hybridized carbons (Fsp3) is 0.296. The van der Waals surface area contributed by atoms with Gasteiger partial charge in [-0.15, -0.1) is 0 Å². The van der Waals surface area contributed by atoms with E-state index in [4.69, 9.17) is 19.2 Å². The number of hydrogen-bond acceptors (Lipinski definition) is 7. The zero-order valence-electron chi connectivity index (χ0n) is 20.4. The summed E-state index contributed by atoms with van der Waals surface area (Å²) in [6.07, 6.45) is 1.72. The molecular formula is C27H29N3O4S. The van der Waals surface area contributed by atoms with E-state index in [1.54, 1.807) is 23.2 Å². The first-order chi connectivity index (χ1) is 17.0. The van der Waals surface area contributed by atoms with Gasteiger partial charge in [-0.25, -0.2) is 4.98 Å². The number of hydrogen-bond donors (Lipinski definition) is 0. The van der Waals surface area contributed by atoms with Gasteiger partial charge in [0.1, 0.15) is 0 Å². The molecule has 1 amide bonds. The Bertz CT molecular complexity index is 1280. The highest BCUT2D eigenvalue weighted by molar-refractivity contribution is 7.22. The van der Waals surface area contributed by atoms with Gasteiger partial charge in [-0.1, -0.05) is 23.5 Å². The van der Waals surface area contributed by atoms with E-state index in [9.17, 15) is 4.79 Å². The normalized spacial score (nSPS) is 10.9. The highest BCUT2D eigenvalue weighted by Gasteiger charge is 2.26. The van der Waals surface area contributed by atoms with Crippen molar-refractivity contribution in [1.82, 2.24) is 9.97 Å². The van der Waals surface area contributed by atoms with Gasteiger partial charge in [-0.2, -0.15) is 0 Å². The van der Waals surface area contributed by atoms with Gasteiger partial charge in [0.15, 0.2) is 16.6 Å². The molecule has 0 spiro atoms. The van der Waals surface area contributed by atoms with Gasteiger partial charge in [-0.05, 0) is 69.7 Å². The quantitative estimate of drug-likeness (QED) is 0.269. The van der Waals surface area contributed by atoms with Crippen LogP contribution >= 0.6 is 11.3 Å². The molecule has 0 aliphatic heterocycles. The molecule has 0 aliphatic rings. The second-order valence-electron chi connectivity index (χ2n) is 7.78. The SMILES string of the molecule is CCOc1cc(C(=O)N(Cc2ccccn2)c2nc3ccc(C)cc3s2)cc(OCC)c1OCC. The Morgan fingerprint density at radius 1 is 0.943 bits per heavy atom.